The Labute approximate surface area is 121 Å². The van der Waals surface area contributed by atoms with Gasteiger partial charge in [0.05, 0.1) is 0 Å². The summed E-state index contributed by atoms with van der Waals surface area (Å²) in [6.45, 7) is 0. The Bertz CT molecular complexity index is 819. The van der Waals surface area contributed by atoms with Gasteiger partial charge >= 0.3 is 0 Å². The fourth-order valence-corrected chi connectivity index (χ4v) is 3.66. The van der Waals surface area contributed by atoms with Crippen molar-refractivity contribution >= 4 is 64.2 Å². The molecule has 0 saturated heterocycles. The van der Waals surface area contributed by atoms with Crippen LogP contribution in [0.4, 0.5) is 0 Å². The third-order valence-electron chi connectivity index (χ3n) is 3.56. The van der Waals surface area contributed by atoms with Gasteiger partial charge in [-0.3, -0.25) is 0 Å². The summed E-state index contributed by atoms with van der Waals surface area (Å²) < 4.78 is 2.31. The normalized spacial score (nSPS) is 11.9. The van der Waals surface area contributed by atoms with Crippen LogP contribution < -0.4 is 0 Å². The van der Waals surface area contributed by atoms with Crippen molar-refractivity contribution in [1.29, 1.82) is 0 Å². The van der Waals surface area contributed by atoms with E-state index in [-0.39, 0.29) is 0 Å². The molecule has 18 heavy (non-hydrogen) atoms. The molecule has 2 heteroatoms. The molecule has 0 bridgehead atoms. The molecular formula is C16H8Br2. The lowest BCUT2D eigenvalue weighted by molar-refractivity contribution is 1.73. The largest absolute Gasteiger partial charge is 0.0537 e. The van der Waals surface area contributed by atoms with Gasteiger partial charge in [0, 0.05) is 8.95 Å². The summed E-state index contributed by atoms with van der Waals surface area (Å²) in [5.41, 5.74) is 0. The molecule has 0 heterocycles. The summed E-state index contributed by atoms with van der Waals surface area (Å²) >= 11 is 7.30. The summed E-state index contributed by atoms with van der Waals surface area (Å²) in [5.74, 6) is 0. The lowest BCUT2D eigenvalue weighted by Gasteiger charge is -2.12. The third-order valence-corrected chi connectivity index (χ3v) is 4.94. The number of hydrogen-bond donors (Lipinski definition) is 0. The molecule has 0 spiro atoms. The molecule has 0 aliphatic carbocycles. The van der Waals surface area contributed by atoms with Crippen LogP contribution in [0.25, 0.3) is 32.3 Å². The second-order valence-electron chi connectivity index (χ2n) is 4.52. The second-order valence-corrected chi connectivity index (χ2v) is 6.23. The Hall–Kier alpha value is -1.12. The average Bonchev–Trinajstić information content (AvgIpc) is 2.40. The van der Waals surface area contributed by atoms with Crippen LogP contribution in [-0.4, -0.2) is 0 Å². The maximum absolute atomic E-state index is 3.65. The molecule has 0 radical (unpaired) electrons. The highest BCUT2D eigenvalue weighted by Gasteiger charge is 2.10. The zero-order valence-corrected chi connectivity index (χ0v) is 12.5. The van der Waals surface area contributed by atoms with Gasteiger partial charge in [-0.05, 0) is 44.5 Å². The Balaban J connectivity index is 2.47. The van der Waals surface area contributed by atoms with Gasteiger partial charge in [-0.15, -0.1) is 0 Å². The number of benzene rings is 4. The first-order chi connectivity index (χ1) is 8.75. The van der Waals surface area contributed by atoms with E-state index in [4.69, 9.17) is 0 Å². The Morgan fingerprint density at radius 2 is 0.889 bits per heavy atom. The van der Waals surface area contributed by atoms with E-state index in [1.54, 1.807) is 0 Å². The van der Waals surface area contributed by atoms with Gasteiger partial charge < -0.3 is 0 Å². The quantitative estimate of drug-likeness (QED) is 0.332. The molecule has 4 rings (SSSR count). The van der Waals surface area contributed by atoms with E-state index in [9.17, 15) is 0 Å². The van der Waals surface area contributed by atoms with Crippen LogP contribution in [0.3, 0.4) is 0 Å². The van der Waals surface area contributed by atoms with E-state index in [2.05, 4.69) is 80.4 Å². The molecule has 0 N–H and O–H groups in total. The van der Waals surface area contributed by atoms with E-state index in [1.165, 1.54) is 32.3 Å². The summed E-state index contributed by atoms with van der Waals surface area (Å²) in [7, 11) is 0. The maximum atomic E-state index is 3.65. The molecule has 4 aromatic rings. The first-order valence-corrected chi connectivity index (χ1v) is 7.36. The van der Waals surface area contributed by atoms with Gasteiger partial charge in [0.1, 0.15) is 0 Å². The van der Waals surface area contributed by atoms with Crippen LogP contribution >= 0.6 is 31.9 Å². The van der Waals surface area contributed by atoms with Crippen molar-refractivity contribution in [3.63, 3.8) is 0 Å². The fraction of sp³-hybridized carbons (Fsp3) is 0. The maximum Gasteiger partial charge on any atom is 0.0254 e. The molecule has 0 aromatic heterocycles. The molecule has 0 atom stereocenters. The minimum absolute atomic E-state index is 1.16. The van der Waals surface area contributed by atoms with Crippen LogP contribution in [0.5, 0.6) is 0 Å². The SMILES string of the molecule is Brc1ccc2ccc3ccc(Br)c4ccc1c2c34. The monoisotopic (exact) mass is 358 g/mol. The van der Waals surface area contributed by atoms with E-state index in [1.807, 2.05) is 0 Å². The Morgan fingerprint density at radius 3 is 1.33 bits per heavy atom. The number of halogens is 2. The van der Waals surface area contributed by atoms with E-state index >= 15 is 0 Å². The second kappa shape index (κ2) is 3.69. The summed E-state index contributed by atoms with van der Waals surface area (Å²) in [5, 5.41) is 7.85. The lowest BCUT2D eigenvalue weighted by Crippen LogP contribution is -1.85. The van der Waals surface area contributed by atoms with Crippen molar-refractivity contribution in [2.75, 3.05) is 0 Å². The van der Waals surface area contributed by atoms with Crippen molar-refractivity contribution in [2.45, 2.75) is 0 Å². The summed E-state index contributed by atoms with van der Waals surface area (Å²) in [4.78, 5) is 0. The molecule has 0 unspecified atom stereocenters. The highest BCUT2D eigenvalue weighted by Crippen LogP contribution is 2.39. The van der Waals surface area contributed by atoms with Gasteiger partial charge in [-0.25, -0.2) is 0 Å². The third kappa shape index (κ3) is 1.30. The van der Waals surface area contributed by atoms with Crippen molar-refractivity contribution < 1.29 is 0 Å². The predicted octanol–water partition coefficient (Wildman–Crippen LogP) is 6.11. The van der Waals surface area contributed by atoms with Crippen LogP contribution in [0.15, 0.2) is 57.5 Å². The van der Waals surface area contributed by atoms with Crippen molar-refractivity contribution in [2.24, 2.45) is 0 Å². The van der Waals surface area contributed by atoms with Gasteiger partial charge in [-0.1, -0.05) is 68.3 Å². The van der Waals surface area contributed by atoms with Crippen molar-refractivity contribution in [3.05, 3.63) is 57.5 Å². The van der Waals surface area contributed by atoms with Crippen molar-refractivity contribution in [1.82, 2.24) is 0 Å². The Kier molecular flexibility index (Phi) is 2.21. The van der Waals surface area contributed by atoms with Gasteiger partial charge in [0.25, 0.3) is 0 Å². The molecular weight excluding hydrogens is 352 g/mol. The molecule has 0 nitrogen and oxygen atoms in total. The van der Waals surface area contributed by atoms with Crippen LogP contribution in [0.1, 0.15) is 0 Å². The van der Waals surface area contributed by atoms with Crippen LogP contribution in [-0.2, 0) is 0 Å². The fourth-order valence-electron chi connectivity index (χ4n) is 2.73. The zero-order valence-electron chi connectivity index (χ0n) is 9.37. The molecule has 0 aliphatic heterocycles. The zero-order chi connectivity index (χ0) is 12.3. The first-order valence-electron chi connectivity index (χ1n) is 5.77. The average molecular weight is 360 g/mol. The van der Waals surface area contributed by atoms with E-state index in [0.29, 0.717) is 0 Å². The molecule has 0 aliphatic rings. The molecule has 0 saturated carbocycles. The smallest absolute Gasteiger partial charge is 0.0254 e. The number of hydrogen-bond acceptors (Lipinski definition) is 0. The minimum atomic E-state index is 1.16. The predicted molar refractivity (Wildman–Crippen MR) is 85.5 cm³/mol. The van der Waals surface area contributed by atoms with E-state index < -0.39 is 0 Å². The molecule has 86 valence electrons. The van der Waals surface area contributed by atoms with Crippen LogP contribution in [0, 0.1) is 0 Å². The highest BCUT2D eigenvalue weighted by atomic mass is 79.9. The topological polar surface area (TPSA) is 0 Å². The standard InChI is InChI=1S/C16H8Br2/c17-13-7-3-9-1-2-10-4-8-14(18)12-6-5-11(13)15(9)16(10)12/h1-8H. The number of rotatable bonds is 0. The lowest BCUT2D eigenvalue weighted by atomic mass is 9.94. The molecule has 4 aromatic carbocycles. The Morgan fingerprint density at radius 1 is 0.500 bits per heavy atom. The highest BCUT2D eigenvalue weighted by molar-refractivity contribution is 9.11. The summed E-state index contributed by atoms with van der Waals surface area (Å²) in [6.07, 6.45) is 0. The van der Waals surface area contributed by atoms with Gasteiger partial charge in [0.15, 0.2) is 0 Å². The minimum Gasteiger partial charge on any atom is -0.0537 e. The van der Waals surface area contributed by atoms with E-state index in [0.717, 1.165) is 8.95 Å². The summed E-state index contributed by atoms with van der Waals surface area (Å²) in [6, 6.07) is 17.4. The first kappa shape index (κ1) is 10.8. The van der Waals surface area contributed by atoms with Gasteiger partial charge in [0.2, 0.25) is 0 Å². The molecule has 0 fully saturated rings. The van der Waals surface area contributed by atoms with Gasteiger partial charge in [-0.2, -0.15) is 0 Å². The van der Waals surface area contributed by atoms with Crippen LogP contribution in [0.2, 0.25) is 0 Å². The molecule has 0 amide bonds. The van der Waals surface area contributed by atoms with Crippen molar-refractivity contribution in [3.8, 4) is 0 Å².